The lowest BCUT2D eigenvalue weighted by Crippen LogP contribution is -2.62. The molecule has 0 aromatic heterocycles. The Bertz CT molecular complexity index is 1240. The average Bonchev–Trinajstić information content (AvgIpc) is 2.86. The van der Waals surface area contributed by atoms with Gasteiger partial charge in [-0.15, -0.1) is 0 Å². The van der Waals surface area contributed by atoms with E-state index in [1.807, 2.05) is 67.6 Å². The Morgan fingerprint density at radius 1 is 1.00 bits per heavy atom. The smallest absolute Gasteiger partial charge is 0.227 e. The van der Waals surface area contributed by atoms with E-state index in [9.17, 15) is 4.79 Å². The normalized spacial score (nSPS) is 18.3. The first-order valence-electron chi connectivity index (χ1n) is 13.8. The van der Waals surface area contributed by atoms with Crippen LogP contribution in [0.3, 0.4) is 0 Å². The molecule has 1 aliphatic rings. The number of benzene rings is 3. The summed E-state index contributed by atoms with van der Waals surface area (Å²) in [4.78, 5) is 13.4. The van der Waals surface area contributed by atoms with Crippen molar-refractivity contribution in [2.75, 3.05) is 6.54 Å². The minimum absolute atomic E-state index is 0.0266. The van der Waals surface area contributed by atoms with E-state index < -0.39 is 5.92 Å². The molecule has 2 atom stereocenters. The second kappa shape index (κ2) is 12.2. The summed E-state index contributed by atoms with van der Waals surface area (Å²) in [5, 5.41) is 11.4. The molecule has 1 fully saturated rings. The third-order valence-corrected chi connectivity index (χ3v) is 7.81. The summed E-state index contributed by atoms with van der Waals surface area (Å²) in [6.45, 7) is 11.4. The van der Waals surface area contributed by atoms with Crippen LogP contribution in [0, 0.1) is 5.82 Å². The van der Waals surface area contributed by atoms with E-state index in [4.69, 9.17) is 11.6 Å². The van der Waals surface area contributed by atoms with Gasteiger partial charge in [-0.05, 0) is 88.8 Å². The van der Waals surface area contributed by atoms with Crippen molar-refractivity contribution >= 4 is 17.5 Å². The van der Waals surface area contributed by atoms with E-state index >= 15 is 4.39 Å². The molecule has 6 heteroatoms. The maximum atomic E-state index is 15.0. The quantitative estimate of drug-likeness (QED) is 0.273. The largest absolute Gasteiger partial charge is 0.351 e. The maximum Gasteiger partial charge on any atom is 0.227 e. The van der Waals surface area contributed by atoms with Crippen LogP contribution < -0.4 is 16.0 Å². The van der Waals surface area contributed by atoms with Gasteiger partial charge in [0, 0.05) is 40.3 Å². The van der Waals surface area contributed by atoms with Crippen LogP contribution in [-0.2, 0) is 11.2 Å². The zero-order valence-electron chi connectivity index (χ0n) is 23.7. The zero-order valence-corrected chi connectivity index (χ0v) is 24.4. The molecule has 0 spiro atoms. The molecule has 0 aliphatic carbocycles. The molecule has 4 rings (SSSR count). The summed E-state index contributed by atoms with van der Waals surface area (Å²) < 4.78 is 15.0. The predicted octanol–water partition coefficient (Wildman–Crippen LogP) is 6.88. The van der Waals surface area contributed by atoms with E-state index in [1.165, 1.54) is 6.07 Å². The summed E-state index contributed by atoms with van der Waals surface area (Å²) in [6.07, 6.45) is 2.67. The Morgan fingerprint density at radius 3 is 2.26 bits per heavy atom. The van der Waals surface area contributed by atoms with E-state index in [1.54, 1.807) is 6.07 Å². The number of amides is 1. The molecular weight excluding hydrogens is 509 g/mol. The second-order valence-corrected chi connectivity index (χ2v) is 12.7. The summed E-state index contributed by atoms with van der Waals surface area (Å²) in [5.41, 5.74) is 3.16. The van der Waals surface area contributed by atoms with Crippen LogP contribution in [0.15, 0.2) is 72.8 Å². The van der Waals surface area contributed by atoms with Crippen LogP contribution in [0.5, 0.6) is 0 Å². The van der Waals surface area contributed by atoms with Gasteiger partial charge in [-0.2, -0.15) is 0 Å². The van der Waals surface area contributed by atoms with E-state index in [-0.39, 0.29) is 28.8 Å². The molecule has 0 saturated carbocycles. The highest BCUT2D eigenvalue weighted by molar-refractivity contribution is 6.30. The van der Waals surface area contributed by atoms with Crippen molar-refractivity contribution in [1.82, 2.24) is 16.0 Å². The third-order valence-electron chi connectivity index (χ3n) is 7.56. The number of hydrogen-bond acceptors (Lipinski definition) is 3. The monoisotopic (exact) mass is 549 g/mol. The lowest BCUT2D eigenvalue weighted by Gasteiger charge is -2.47. The molecule has 39 heavy (non-hydrogen) atoms. The van der Waals surface area contributed by atoms with Crippen molar-refractivity contribution in [2.45, 2.75) is 83.0 Å². The van der Waals surface area contributed by atoms with Crippen LogP contribution in [0.2, 0.25) is 5.02 Å². The van der Waals surface area contributed by atoms with Gasteiger partial charge >= 0.3 is 0 Å². The molecule has 1 amide bonds. The number of piperidine rings is 1. The summed E-state index contributed by atoms with van der Waals surface area (Å²) >= 11 is 6.10. The molecule has 208 valence electrons. The fraction of sp³-hybridized carbons (Fsp3) is 0.424. The van der Waals surface area contributed by atoms with Gasteiger partial charge in [0.1, 0.15) is 5.82 Å². The summed E-state index contributed by atoms with van der Waals surface area (Å²) in [5.74, 6) is -0.934. The van der Waals surface area contributed by atoms with Crippen LogP contribution in [0.1, 0.15) is 64.5 Å². The van der Waals surface area contributed by atoms with Gasteiger partial charge in [0.2, 0.25) is 5.91 Å². The van der Waals surface area contributed by atoms with Gasteiger partial charge < -0.3 is 16.0 Å². The molecule has 1 saturated heterocycles. The van der Waals surface area contributed by atoms with Gasteiger partial charge in [0.25, 0.3) is 0 Å². The number of carbonyl (C=O) groups is 1. The van der Waals surface area contributed by atoms with Crippen molar-refractivity contribution in [3.63, 3.8) is 0 Å². The Balaban J connectivity index is 1.47. The van der Waals surface area contributed by atoms with Crippen molar-refractivity contribution in [3.05, 3.63) is 94.8 Å². The highest BCUT2D eigenvalue weighted by Crippen LogP contribution is 2.29. The van der Waals surface area contributed by atoms with Gasteiger partial charge in [0.05, 0.1) is 5.92 Å². The number of hydrogen-bond donors (Lipinski definition) is 3. The maximum absolute atomic E-state index is 15.0. The van der Waals surface area contributed by atoms with Gasteiger partial charge in [-0.3, -0.25) is 4.79 Å². The highest BCUT2D eigenvalue weighted by atomic mass is 35.5. The van der Waals surface area contributed by atoms with E-state index in [2.05, 4.69) is 43.6 Å². The molecule has 3 aromatic rings. The molecule has 1 heterocycles. The minimum Gasteiger partial charge on any atom is -0.351 e. The number of rotatable bonds is 9. The second-order valence-electron chi connectivity index (χ2n) is 12.3. The van der Waals surface area contributed by atoms with Crippen LogP contribution in [-0.4, -0.2) is 35.6 Å². The minimum atomic E-state index is -0.492. The first-order chi connectivity index (χ1) is 18.4. The van der Waals surface area contributed by atoms with Crippen LogP contribution in [0.25, 0.3) is 11.1 Å². The standard InChI is InChI=1S/C33H41ClFN3O/c1-22(25-13-16-29(30(35)18-25)24-9-7-6-8-10-24)31(39)37-27(17-23-11-14-26(34)15-12-23)21-36-28-19-32(2,3)38-33(4,5)20-28/h6-16,18,22,27-28,36,38H,17,19-21H2,1-5H3,(H,37,39)/t22-,27-/m0/s1. The van der Waals surface area contributed by atoms with Gasteiger partial charge in [-0.1, -0.05) is 66.2 Å². The fourth-order valence-electron chi connectivity index (χ4n) is 5.98. The third kappa shape index (κ3) is 8.14. The number of carbonyl (C=O) groups excluding carboxylic acids is 1. The molecule has 1 aliphatic heterocycles. The van der Waals surface area contributed by atoms with E-state index in [0.29, 0.717) is 35.2 Å². The van der Waals surface area contributed by atoms with Gasteiger partial charge in [0.15, 0.2) is 0 Å². The molecular formula is C33H41ClFN3O. The Morgan fingerprint density at radius 2 is 1.64 bits per heavy atom. The topological polar surface area (TPSA) is 53.2 Å². The SMILES string of the molecule is C[C@H](C(=O)N[C@H](CNC1CC(C)(C)NC(C)(C)C1)Cc1ccc(Cl)cc1)c1ccc(-c2ccccc2)c(F)c1. The Labute approximate surface area is 237 Å². The van der Waals surface area contributed by atoms with Crippen molar-refractivity contribution < 1.29 is 9.18 Å². The van der Waals surface area contributed by atoms with Crippen LogP contribution >= 0.6 is 11.6 Å². The molecule has 4 nitrogen and oxygen atoms in total. The Kier molecular flexibility index (Phi) is 9.15. The highest BCUT2D eigenvalue weighted by Gasteiger charge is 2.37. The molecule has 0 unspecified atom stereocenters. The number of halogens is 2. The summed E-state index contributed by atoms with van der Waals surface area (Å²) in [7, 11) is 0. The van der Waals surface area contributed by atoms with Gasteiger partial charge in [-0.25, -0.2) is 4.39 Å². The first-order valence-corrected chi connectivity index (χ1v) is 14.2. The van der Waals surface area contributed by atoms with Crippen molar-refractivity contribution in [3.8, 4) is 11.1 Å². The Hall–Kier alpha value is -2.73. The molecule has 0 bridgehead atoms. The first kappa shape index (κ1) is 29.3. The predicted molar refractivity (Wildman–Crippen MR) is 160 cm³/mol. The molecule has 0 radical (unpaired) electrons. The van der Waals surface area contributed by atoms with Crippen molar-refractivity contribution in [1.29, 1.82) is 0 Å². The molecule has 3 aromatic carbocycles. The number of nitrogens with one attached hydrogen (secondary N) is 3. The van der Waals surface area contributed by atoms with E-state index in [0.717, 1.165) is 24.0 Å². The molecule has 3 N–H and O–H groups in total. The summed E-state index contributed by atoms with van der Waals surface area (Å²) in [6, 6.07) is 22.5. The zero-order chi connectivity index (χ0) is 28.2. The van der Waals surface area contributed by atoms with Crippen LogP contribution in [0.4, 0.5) is 4.39 Å². The van der Waals surface area contributed by atoms with Crippen molar-refractivity contribution in [2.24, 2.45) is 0 Å². The lowest BCUT2D eigenvalue weighted by molar-refractivity contribution is -0.122. The fourth-order valence-corrected chi connectivity index (χ4v) is 6.11. The average molecular weight is 550 g/mol. The lowest BCUT2D eigenvalue weighted by atomic mass is 9.79.